The molecule has 0 saturated heterocycles. The lowest BCUT2D eigenvalue weighted by atomic mass is 10.1. The van der Waals surface area contributed by atoms with Crippen molar-refractivity contribution >= 4 is 34.7 Å². The van der Waals surface area contributed by atoms with Crippen LogP contribution in [0.2, 0.25) is 5.02 Å². The van der Waals surface area contributed by atoms with Gasteiger partial charge in [0, 0.05) is 22.7 Å². The number of nitro benzene ring substituents is 1. The van der Waals surface area contributed by atoms with Crippen LogP contribution in [-0.4, -0.2) is 25.8 Å². The summed E-state index contributed by atoms with van der Waals surface area (Å²) in [5, 5.41) is 33.3. The number of aromatic nitrogens is 2. The molecule has 3 rings (SSSR count). The predicted molar refractivity (Wildman–Crippen MR) is 96.6 cm³/mol. The Bertz CT molecular complexity index is 1060. The number of benzene rings is 2. The minimum Gasteiger partial charge on any atom is -0.491 e. The maximum Gasteiger partial charge on any atom is 0.342 e. The van der Waals surface area contributed by atoms with E-state index in [0.717, 1.165) is 0 Å². The smallest absolute Gasteiger partial charge is 0.342 e. The van der Waals surface area contributed by atoms with Crippen molar-refractivity contribution in [1.82, 2.24) is 9.78 Å². The molecule has 2 aromatic carbocycles. The highest BCUT2D eigenvalue weighted by Gasteiger charge is 2.22. The Morgan fingerprint density at radius 1 is 1.22 bits per heavy atom. The van der Waals surface area contributed by atoms with Crippen LogP contribution in [0, 0.1) is 10.1 Å². The third-order valence-electron chi connectivity index (χ3n) is 3.47. The molecule has 0 fully saturated rings. The van der Waals surface area contributed by atoms with E-state index in [2.05, 4.69) is 15.3 Å². The molecule has 0 aliphatic heterocycles. The first kappa shape index (κ1) is 18.0. The van der Waals surface area contributed by atoms with Crippen molar-refractivity contribution in [2.75, 3.05) is 0 Å². The largest absolute Gasteiger partial charge is 0.491 e. The van der Waals surface area contributed by atoms with Gasteiger partial charge in [0.15, 0.2) is 5.69 Å². The minimum atomic E-state index is -1.03. The predicted octanol–water partition coefficient (Wildman–Crippen LogP) is 4.16. The molecule has 0 atom stereocenters. The summed E-state index contributed by atoms with van der Waals surface area (Å²) in [6.07, 6.45) is 0. The van der Waals surface area contributed by atoms with Gasteiger partial charge in [0.2, 0.25) is 5.88 Å². The zero-order chi connectivity index (χ0) is 19.6. The maximum absolute atomic E-state index is 11.5. The molecule has 0 spiro atoms. The van der Waals surface area contributed by atoms with Gasteiger partial charge in [-0.1, -0.05) is 17.7 Å². The van der Waals surface area contributed by atoms with Crippen LogP contribution in [0.25, 0.3) is 11.3 Å². The molecule has 11 heteroatoms. The van der Waals surface area contributed by atoms with Gasteiger partial charge < -0.3 is 10.8 Å². The molecule has 0 saturated carbocycles. The van der Waals surface area contributed by atoms with Crippen molar-refractivity contribution in [2.24, 2.45) is 16.0 Å². The minimum absolute atomic E-state index is 0.0759. The average Bonchev–Trinajstić information content (AvgIpc) is 2.97. The lowest BCUT2D eigenvalue weighted by Crippen LogP contribution is -2.20. The topological polar surface area (TPSA) is 149 Å². The van der Waals surface area contributed by atoms with E-state index in [1.54, 1.807) is 24.3 Å². The Morgan fingerprint density at radius 2 is 1.93 bits per heavy atom. The summed E-state index contributed by atoms with van der Waals surface area (Å²) in [6, 6.07) is 10.8. The Balaban J connectivity index is 2.09. The fraction of sp³-hybridized carbons (Fsp3) is 0. The standard InChI is InChI=1S/C16H11ClN6O4/c17-10-2-1-3-11(8-10)19-20-14-13(21-22(15(14)24)16(18)25)9-4-6-12(7-5-9)23(26)27/h1-8,24H,(H2,18,25)/b20-19+. The molecule has 3 aromatic rings. The third-order valence-corrected chi connectivity index (χ3v) is 3.71. The van der Waals surface area contributed by atoms with Crippen molar-refractivity contribution in [3.05, 3.63) is 63.7 Å². The number of amides is 1. The molecular weight excluding hydrogens is 376 g/mol. The Morgan fingerprint density at radius 3 is 2.52 bits per heavy atom. The van der Waals surface area contributed by atoms with E-state index in [-0.39, 0.29) is 17.1 Å². The highest BCUT2D eigenvalue weighted by atomic mass is 35.5. The van der Waals surface area contributed by atoms with Gasteiger partial charge >= 0.3 is 6.03 Å². The van der Waals surface area contributed by atoms with E-state index in [1.165, 1.54) is 24.3 Å². The number of nitro groups is 1. The second-order valence-corrected chi connectivity index (χ2v) is 5.69. The number of nitrogens with zero attached hydrogens (tertiary/aromatic N) is 5. The summed E-state index contributed by atoms with van der Waals surface area (Å²) in [6.45, 7) is 0. The van der Waals surface area contributed by atoms with E-state index >= 15 is 0 Å². The van der Waals surface area contributed by atoms with Gasteiger partial charge in [0.25, 0.3) is 5.69 Å². The van der Waals surface area contributed by atoms with Crippen LogP contribution < -0.4 is 5.73 Å². The average molecular weight is 387 g/mol. The van der Waals surface area contributed by atoms with Crippen molar-refractivity contribution in [3.63, 3.8) is 0 Å². The van der Waals surface area contributed by atoms with Crippen LogP contribution in [0.4, 0.5) is 21.9 Å². The number of aromatic hydroxyl groups is 1. The van der Waals surface area contributed by atoms with E-state index in [4.69, 9.17) is 17.3 Å². The number of carbonyl (C=O) groups excluding carboxylic acids is 1. The number of primary amides is 1. The molecule has 0 bridgehead atoms. The van der Waals surface area contributed by atoms with Crippen LogP contribution >= 0.6 is 11.6 Å². The second-order valence-electron chi connectivity index (χ2n) is 5.25. The lowest BCUT2D eigenvalue weighted by molar-refractivity contribution is -0.384. The zero-order valence-electron chi connectivity index (χ0n) is 13.5. The summed E-state index contributed by atoms with van der Waals surface area (Å²) in [4.78, 5) is 21.7. The molecule has 0 aliphatic carbocycles. The number of hydrogen-bond donors (Lipinski definition) is 2. The number of hydrogen-bond acceptors (Lipinski definition) is 7. The van der Waals surface area contributed by atoms with Crippen molar-refractivity contribution in [2.45, 2.75) is 0 Å². The molecule has 10 nitrogen and oxygen atoms in total. The maximum atomic E-state index is 11.5. The van der Waals surface area contributed by atoms with Crippen LogP contribution in [0.1, 0.15) is 0 Å². The monoisotopic (exact) mass is 386 g/mol. The van der Waals surface area contributed by atoms with Gasteiger partial charge in [-0.25, -0.2) is 4.79 Å². The molecule has 1 amide bonds. The fourth-order valence-corrected chi connectivity index (χ4v) is 2.41. The first-order valence-corrected chi connectivity index (χ1v) is 7.78. The van der Waals surface area contributed by atoms with Gasteiger partial charge in [0.05, 0.1) is 10.6 Å². The molecule has 136 valence electrons. The fourth-order valence-electron chi connectivity index (χ4n) is 2.23. The van der Waals surface area contributed by atoms with Gasteiger partial charge in [0.1, 0.15) is 5.69 Å². The van der Waals surface area contributed by atoms with Crippen LogP contribution in [0.3, 0.4) is 0 Å². The number of rotatable bonds is 4. The summed E-state index contributed by atoms with van der Waals surface area (Å²) in [7, 11) is 0. The van der Waals surface area contributed by atoms with Gasteiger partial charge in [-0.15, -0.1) is 9.80 Å². The Kier molecular flexibility index (Phi) is 4.81. The van der Waals surface area contributed by atoms with Crippen molar-refractivity contribution < 1.29 is 14.8 Å². The zero-order valence-corrected chi connectivity index (χ0v) is 14.2. The van der Waals surface area contributed by atoms with Crippen LogP contribution in [0.15, 0.2) is 58.8 Å². The van der Waals surface area contributed by atoms with E-state index in [1.807, 2.05) is 0 Å². The molecule has 0 unspecified atom stereocenters. The van der Waals surface area contributed by atoms with Gasteiger partial charge in [-0.2, -0.15) is 10.2 Å². The lowest BCUT2D eigenvalue weighted by Gasteiger charge is -1.98. The first-order valence-electron chi connectivity index (χ1n) is 7.40. The van der Waals surface area contributed by atoms with E-state index < -0.39 is 16.8 Å². The summed E-state index contributed by atoms with van der Waals surface area (Å²) >= 11 is 5.89. The highest BCUT2D eigenvalue weighted by Crippen LogP contribution is 2.38. The highest BCUT2D eigenvalue weighted by molar-refractivity contribution is 6.30. The van der Waals surface area contributed by atoms with Gasteiger partial charge in [-0.05, 0) is 30.3 Å². The van der Waals surface area contributed by atoms with Crippen LogP contribution in [-0.2, 0) is 0 Å². The summed E-state index contributed by atoms with van der Waals surface area (Å²) in [5.74, 6) is -0.610. The second kappa shape index (κ2) is 7.22. The van der Waals surface area contributed by atoms with Crippen molar-refractivity contribution in [1.29, 1.82) is 0 Å². The molecule has 0 radical (unpaired) electrons. The number of non-ortho nitro benzene ring substituents is 1. The van der Waals surface area contributed by atoms with E-state index in [9.17, 15) is 20.0 Å². The third kappa shape index (κ3) is 3.75. The molecule has 27 heavy (non-hydrogen) atoms. The van der Waals surface area contributed by atoms with Crippen molar-refractivity contribution in [3.8, 4) is 17.1 Å². The summed E-state index contributed by atoms with van der Waals surface area (Å²) in [5.41, 5.74) is 5.79. The van der Waals surface area contributed by atoms with E-state index in [0.29, 0.717) is 21.0 Å². The summed E-state index contributed by atoms with van der Waals surface area (Å²) < 4.78 is 0.559. The molecule has 0 aliphatic rings. The van der Waals surface area contributed by atoms with Crippen LogP contribution in [0.5, 0.6) is 5.88 Å². The SMILES string of the molecule is NC(=O)n1nc(-c2ccc([N+](=O)[O-])cc2)c(/N=N/c2cccc(Cl)c2)c1O. The number of halogens is 1. The first-order chi connectivity index (χ1) is 12.9. The quantitative estimate of drug-likeness (QED) is 0.392. The Labute approximate surface area is 156 Å². The number of azo groups is 1. The molecule has 3 N–H and O–H groups in total. The number of nitrogens with two attached hydrogens (primary N) is 1. The molecule has 1 aromatic heterocycles. The molecule has 1 heterocycles. The normalized spacial score (nSPS) is 11.0. The van der Waals surface area contributed by atoms with Gasteiger partial charge in [-0.3, -0.25) is 10.1 Å². The number of carbonyl (C=O) groups is 1. The Hall–Kier alpha value is -3.79. The molecular formula is C16H11ClN6O4.